The number of hydrogen-bond acceptors (Lipinski definition) is 6. The first kappa shape index (κ1) is 18.4. The van der Waals surface area contributed by atoms with E-state index in [1.54, 1.807) is 13.2 Å². The number of nitrogens with zero attached hydrogens (tertiary/aromatic N) is 3. The molecule has 146 valence electrons. The van der Waals surface area contributed by atoms with Gasteiger partial charge in [0.15, 0.2) is 0 Å². The highest BCUT2D eigenvalue weighted by Crippen LogP contribution is 2.27. The lowest BCUT2D eigenvalue weighted by Crippen LogP contribution is -2.40. The largest absolute Gasteiger partial charge is 0.496 e. The molecule has 1 aromatic carbocycles. The number of ether oxygens (including phenoxy) is 2. The van der Waals surface area contributed by atoms with Crippen molar-refractivity contribution in [2.75, 3.05) is 45.8 Å². The Kier molecular flexibility index (Phi) is 5.25. The quantitative estimate of drug-likeness (QED) is 0.857. The van der Waals surface area contributed by atoms with Gasteiger partial charge in [0, 0.05) is 49.7 Å². The molecule has 28 heavy (non-hydrogen) atoms. The average molecular weight is 380 g/mol. The predicted molar refractivity (Wildman–Crippen MR) is 107 cm³/mol. The van der Waals surface area contributed by atoms with E-state index in [0.717, 1.165) is 34.9 Å². The van der Waals surface area contributed by atoms with E-state index in [-0.39, 0.29) is 5.91 Å². The molecule has 0 bridgehead atoms. The minimum Gasteiger partial charge on any atom is -0.496 e. The first-order valence-corrected chi connectivity index (χ1v) is 9.47. The van der Waals surface area contributed by atoms with Gasteiger partial charge in [-0.25, -0.2) is 9.97 Å². The number of fused-ring (bicyclic) bond motifs is 1. The molecule has 1 aromatic heterocycles. The summed E-state index contributed by atoms with van der Waals surface area (Å²) >= 11 is 0. The monoisotopic (exact) mass is 380 g/mol. The Balaban J connectivity index is 1.58. The lowest BCUT2D eigenvalue weighted by molar-refractivity contribution is 0.0302. The maximum absolute atomic E-state index is 12.7. The van der Waals surface area contributed by atoms with E-state index in [0.29, 0.717) is 44.0 Å². The lowest BCUT2D eigenvalue weighted by Gasteiger charge is -2.27. The molecule has 1 aliphatic carbocycles. The van der Waals surface area contributed by atoms with E-state index in [4.69, 9.17) is 14.5 Å². The predicted octanol–water partition coefficient (Wildman–Crippen LogP) is 2.16. The first-order valence-electron chi connectivity index (χ1n) is 9.47. The number of nitrogens with one attached hydrogen (secondary N) is 1. The zero-order valence-corrected chi connectivity index (χ0v) is 16.2. The maximum atomic E-state index is 12.7. The Bertz CT molecular complexity index is 920. The molecule has 0 saturated carbocycles. The van der Waals surface area contributed by atoms with Crippen molar-refractivity contribution in [3.63, 3.8) is 0 Å². The van der Waals surface area contributed by atoms with Crippen LogP contribution in [-0.4, -0.2) is 61.2 Å². The third kappa shape index (κ3) is 3.57. The summed E-state index contributed by atoms with van der Waals surface area (Å²) in [6.45, 7) is 2.40. The van der Waals surface area contributed by atoms with Crippen LogP contribution in [0.15, 0.2) is 24.3 Å². The van der Waals surface area contributed by atoms with Crippen molar-refractivity contribution in [3.05, 3.63) is 52.5 Å². The molecule has 0 unspecified atom stereocenters. The van der Waals surface area contributed by atoms with E-state index in [1.165, 1.54) is 0 Å². The average Bonchev–Trinajstić information content (AvgIpc) is 3.22. The highest BCUT2D eigenvalue weighted by molar-refractivity contribution is 5.94. The van der Waals surface area contributed by atoms with Crippen LogP contribution < -0.4 is 10.1 Å². The van der Waals surface area contributed by atoms with Gasteiger partial charge >= 0.3 is 0 Å². The molecule has 2 heterocycles. The van der Waals surface area contributed by atoms with Gasteiger partial charge in [0.1, 0.15) is 17.4 Å². The molecule has 0 radical (unpaired) electrons. The van der Waals surface area contributed by atoms with Crippen LogP contribution in [0.3, 0.4) is 0 Å². The number of methoxy groups -OCH3 is 1. The third-order valence-electron chi connectivity index (χ3n) is 5.08. The van der Waals surface area contributed by atoms with Crippen molar-refractivity contribution in [2.24, 2.45) is 0 Å². The van der Waals surface area contributed by atoms with Gasteiger partial charge in [-0.2, -0.15) is 0 Å². The van der Waals surface area contributed by atoms with Crippen LogP contribution in [0, 0.1) is 0 Å². The van der Waals surface area contributed by atoms with Gasteiger partial charge in [0.2, 0.25) is 0 Å². The molecule has 1 saturated heterocycles. The van der Waals surface area contributed by atoms with Crippen molar-refractivity contribution < 1.29 is 14.3 Å². The Hall–Kier alpha value is -2.93. The number of morpholine rings is 1. The summed E-state index contributed by atoms with van der Waals surface area (Å²) in [7, 11) is 3.49. The molecule has 2 aliphatic rings. The number of carbonyl (C=O) groups is 1. The standard InChI is InChI=1S/C21H24N4O3/c1-22-20-16-4-3-5-17(16)23-19(24-20)13-14-6-7-15(12-18(14)27-2)21(26)25-8-10-28-11-9-25/h3-4,6-7,12H,5,8-11,13H2,1-2H3,(H,22,23,24). The molecular weight excluding hydrogens is 356 g/mol. The fourth-order valence-corrected chi connectivity index (χ4v) is 3.60. The second-order valence-corrected chi connectivity index (χ2v) is 6.81. The first-order chi connectivity index (χ1) is 13.7. The van der Waals surface area contributed by atoms with Crippen molar-refractivity contribution in [3.8, 4) is 5.75 Å². The van der Waals surface area contributed by atoms with Crippen molar-refractivity contribution >= 4 is 17.8 Å². The molecule has 7 heteroatoms. The van der Waals surface area contributed by atoms with Gasteiger partial charge in [-0.1, -0.05) is 18.2 Å². The van der Waals surface area contributed by atoms with Gasteiger partial charge in [0.05, 0.1) is 26.0 Å². The maximum Gasteiger partial charge on any atom is 0.254 e. The normalized spacial score (nSPS) is 15.4. The van der Waals surface area contributed by atoms with Crippen molar-refractivity contribution in [2.45, 2.75) is 12.8 Å². The molecule has 1 N–H and O–H groups in total. The van der Waals surface area contributed by atoms with Crippen LogP contribution in [0.25, 0.3) is 6.08 Å². The third-order valence-corrected chi connectivity index (χ3v) is 5.08. The Labute approximate surface area is 164 Å². The summed E-state index contributed by atoms with van der Waals surface area (Å²) in [6.07, 6.45) is 5.51. The number of aromatic nitrogens is 2. The summed E-state index contributed by atoms with van der Waals surface area (Å²) in [4.78, 5) is 23.9. The fourth-order valence-electron chi connectivity index (χ4n) is 3.60. The Morgan fingerprint density at radius 3 is 2.86 bits per heavy atom. The van der Waals surface area contributed by atoms with E-state index in [1.807, 2.05) is 24.1 Å². The van der Waals surface area contributed by atoms with Gasteiger partial charge in [0.25, 0.3) is 5.91 Å². The summed E-state index contributed by atoms with van der Waals surface area (Å²) in [5.74, 6) is 2.25. The zero-order chi connectivity index (χ0) is 19.5. The van der Waals surface area contributed by atoms with Crippen molar-refractivity contribution in [1.29, 1.82) is 0 Å². The van der Waals surface area contributed by atoms with Gasteiger partial charge in [-0.3, -0.25) is 4.79 Å². The van der Waals surface area contributed by atoms with E-state index >= 15 is 0 Å². The van der Waals surface area contributed by atoms with E-state index < -0.39 is 0 Å². The van der Waals surface area contributed by atoms with Crippen LogP contribution in [0.4, 0.5) is 5.82 Å². The summed E-state index contributed by atoms with van der Waals surface area (Å²) < 4.78 is 10.9. The minimum atomic E-state index is 0.00507. The van der Waals surface area contributed by atoms with E-state index in [9.17, 15) is 4.79 Å². The number of amides is 1. The topological polar surface area (TPSA) is 76.6 Å². The highest BCUT2D eigenvalue weighted by atomic mass is 16.5. The van der Waals surface area contributed by atoms with E-state index in [2.05, 4.69) is 22.5 Å². The number of benzene rings is 1. The number of allylic oxidation sites excluding steroid dienone is 1. The van der Waals surface area contributed by atoms with Crippen LogP contribution in [0.2, 0.25) is 0 Å². The number of carbonyl (C=O) groups excluding carboxylic acids is 1. The van der Waals surface area contributed by atoms with Crippen molar-refractivity contribution in [1.82, 2.24) is 14.9 Å². The molecular formula is C21H24N4O3. The van der Waals surface area contributed by atoms with Gasteiger partial charge in [-0.05, 0) is 12.1 Å². The number of hydrogen-bond donors (Lipinski definition) is 1. The van der Waals surface area contributed by atoms with Crippen LogP contribution in [-0.2, 0) is 17.6 Å². The lowest BCUT2D eigenvalue weighted by atomic mass is 10.1. The SMILES string of the molecule is CNc1nc(Cc2ccc(C(=O)N3CCOCC3)cc2OC)nc2c1C=CC2. The van der Waals surface area contributed by atoms with Crippen LogP contribution in [0.5, 0.6) is 5.75 Å². The fraction of sp³-hybridized carbons (Fsp3) is 0.381. The smallest absolute Gasteiger partial charge is 0.254 e. The molecule has 0 spiro atoms. The highest BCUT2D eigenvalue weighted by Gasteiger charge is 2.20. The molecule has 7 nitrogen and oxygen atoms in total. The van der Waals surface area contributed by atoms with Crippen LogP contribution >= 0.6 is 0 Å². The minimum absolute atomic E-state index is 0.00507. The summed E-state index contributed by atoms with van der Waals surface area (Å²) in [5, 5.41) is 3.15. The van der Waals surface area contributed by atoms with Gasteiger partial charge < -0.3 is 19.7 Å². The summed E-state index contributed by atoms with van der Waals surface area (Å²) in [6, 6.07) is 5.59. The Morgan fingerprint density at radius 1 is 1.29 bits per heavy atom. The molecule has 1 amide bonds. The molecule has 4 rings (SSSR count). The molecule has 0 atom stereocenters. The summed E-state index contributed by atoms with van der Waals surface area (Å²) in [5.41, 5.74) is 3.67. The van der Waals surface area contributed by atoms with Crippen LogP contribution in [0.1, 0.15) is 33.0 Å². The molecule has 1 aliphatic heterocycles. The Morgan fingerprint density at radius 2 is 2.11 bits per heavy atom. The molecule has 2 aromatic rings. The zero-order valence-electron chi connectivity index (χ0n) is 16.2. The second-order valence-electron chi connectivity index (χ2n) is 6.81. The molecule has 1 fully saturated rings. The number of rotatable bonds is 5. The van der Waals surface area contributed by atoms with Gasteiger partial charge in [-0.15, -0.1) is 0 Å². The second kappa shape index (κ2) is 7.98. The number of anilines is 1.